The number of carbonyl (C=O) groups excluding carboxylic acids is 1. The van der Waals surface area contributed by atoms with Gasteiger partial charge in [0.25, 0.3) is 0 Å². The van der Waals surface area contributed by atoms with Crippen molar-refractivity contribution in [1.82, 2.24) is 15.4 Å². The number of fused-ring (bicyclic) bond motifs is 1. The first-order valence-corrected chi connectivity index (χ1v) is 12.9. The molecule has 0 radical (unpaired) electrons. The number of hydroxylamine groups is 1. The fraction of sp³-hybridized carbons (Fsp3) is 0.448. The molecule has 8 nitrogen and oxygen atoms in total. The first-order chi connectivity index (χ1) is 18.0. The van der Waals surface area contributed by atoms with Crippen LogP contribution >= 0.6 is 0 Å². The molecule has 37 heavy (non-hydrogen) atoms. The first kappa shape index (κ1) is 27.0. The molecule has 1 fully saturated rings. The minimum absolute atomic E-state index is 0.257. The van der Waals surface area contributed by atoms with E-state index in [2.05, 4.69) is 34.1 Å². The van der Waals surface area contributed by atoms with Crippen molar-refractivity contribution in [1.29, 1.82) is 0 Å². The number of hydrogen-bond acceptors (Lipinski definition) is 7. The van der Waals surface area contributed by atoms with Crippen LogP contribution in [0.15, 0.2) is 54.7 Å². The molecule has 4 rings (SSSR count). The summed E-state index contributed by atoms with van der Waals surface area (Å²) in [6.07, 6.45) is 4.67. The average molecular weight is 508 g/mol. The summed E-state index contributed by atoms with van der Waals surface area (Å²) in [5.74, 6) is 0.237. The molecule has 1 amide bonds. The van der Waals surface area contributed by atoms with Crippen LogP contribution in [0.2, 0.25) is 0 Å². The number of hydrogen-bond donors (Lipinski definition) is 4. The summed E-state index contributed by atoms with van der Waals surface area (Å²) in [7, 11) is 1.58. The lowest BCUT2D eigenvalue weighted by atomic mass is 9.73. The van der Waals surface area contributed by atoms with Crippen molar-refractivity contribution in [2.24, 2.45) is 5.41 Å². The molecule has 4 N–H and O–H groups in total. The molecule has 1 aliphatic heterocycles. The van der Waals surface area contributed by atoms with E-state index in [-0.39, 0.29) is 6.61 Å². The van der Waals surface area contributed by atoms with Crippen molar-refractivity contribution in [3.05, 3.63) is 71.4 Å². The molecule has 8 heteroatoms. The van der Waals surface area contributed by atoms with Crippen LogP contribution in [0.5, 0.6) is 5.75 Å². The predicted octanol–water partition coefficient (Wildman–Crippen LogP) is 3.77. The average Bonchev–Trinajstić information content (AvgIpc) is 2.95. The van der Waals surface area contributed by atoms with Crippen LogP contribution in [0.1, 0.15) is 54.9 Å². The zero-order chi connectivity index (χ0) is 26.3. The monoisotopic (exact) mass is 507 g/mol. The molecule has 1 atom stereocenters. The Kier molecular flexibility index (Phi) is 9.10. The lowest BCUT2D eigenvalue weighted by molar-refractivity contribution is -0.143. The Labute approximate surface area is 217 Å². The number of piperidine rings is 1. The Morgan fingerprint density at radius 1 is 1.19 bits per heavy atom. The quantitative estimate of drug-likeness (QED) is 0.231. The van der Waals surface area contributed by atoms with Gasteiger partial charge in [0.1, 0.15) is 5.75 Å². The number of benzene rings is 2. The van der Waals surface area contributed by atoms with E-state index >= 15 is 0 Å². The Morgan fingerprint density at radius 2 is 1.95 bits per heavy atom. The van der Waals surface area contributed by atoms with E-state index in [1.54, 1.807) is 19.4 Å². The highest BCUT2D eigenvalue weighted by atomic mass is 16.5. The molecule has 2 heterocycles. The lowest BCUT2D eigenvalue weighted by Crippen LogP contribution is -2.48. The van der Waals surface area contributed by atoms with Crippen LogP contribution in [0, 0.1) is 5.41 Å². The fourth-order valence-corrected chi connectivity index (χ4v) is 5.50. The van der Waals surface area contributed by atoms with Crippen LogP contribution < -0.4 is 10.2 Å². The third-order valence-electron chi connectivity index (χ3n) is 7.78. The number of aryl methyl sites for hydroxylation is 1. The van der Waals surface area contributed by atoms with E-state index < -0.39 is 17.4 Å². The van der Waals surface area contributed by atoms with Gasteiger partial charge < -0.3 is 19.8 Å². The summed E-state index contributed by atoms with van der Waals surface area (Å²) < 4.78 is 5.35. The van der Waals surface area contributed by atoms with Crippen molar-refractivity contribution < 1.29 is 25.0 Å². The largest absolute Gasteiger partial charge is 0.497 e. The molecule has 0 unspecified atom stereocenters. The number of carbonyl (C=O) groups is 1. The van der Waals surface area contributed by atoms with E-state index in [9.17, 15) is 20.2 Å². The standard InChI is InChI=1S/C29H37N3O5/c1-37-23-9-10-25-24(18-23)27(22(20-33)19-30-25)26(34)11-12-29(28(35)31-36)13-16-32(17-14-29)15-5-8-21-6-3-2-4-7-21/h2-4,6-7,9-10,18-19,26,33-34,36H,5,8,11-17,20H2,1H3,(H,31,35)/t26-/m1/s1. The minimum Gasteiger partial charge on any atom is -0.497 e. The first-order valence-electron chi connectivity index (χ1n) is 12.9. The van der Waals surface area contributed by atoms with Gasteiger partial charge in [-0.25, -0.2) is 5.48 Å². The maximum Gasteiger partial charge on any atom is 0.249 e. The molecule has 0 bridgehead atoms. The molecule has 1 aromatic heterocycles. The van der Waals surface area contributed by atoms with Crippen molar-refractivity contribution in [2.75, 3.05) is 26.7 Å². The third-order valence-corrected chi connectivity index (χ3v) is 7.78. The summed E-state index contributed by atoms with van der Waals surface area (Å²) in [6, 6.07) is 15.9. The summed E-state index contributed by atoms with van der Waals surface area (Å²) in [5, 5.41) is 31.5. The van der Waals surface area contributed by atoms with E-state index in [1.807, 2.05) is 23.7 Å². The minimum atomic E-state index is -0.910. The number of methoxy groups -OCH3 is 1. The van der Waals surface area contributed by atoms with Gasteiger partial charge in [-0.15, -0.1) is 0 Å². The summed E-state index contributed by atoms with van der Waals surface area (Å²) in [6.45, 7) is 2.22. The molecule has 0 aliphatic carbocycles. The SMILES string of the molecule is COc1ccc2ncc(CO)c([C@H](O)CCC3(C(=O)NO)CCN(CCCc4ccccc4)CC3)c2c1. The topological polar surface area (TPSA) is 115 Å². The molecule has 1 aliphatic rings. The van der Waals surface area contributed by atoms with Crippen LogP contribution in [-0.2, 0) is 17.8 Å². The Morgan fingerprint density at radius 3 is 2.62 bits per heavy atom. The molecule has 2 aromatic carbocycles. The summed E-state index contributed by atoms with van der Waals surface area (Å²) in [4.78, 5) is 19.6. The predicted molar refractivity (Wildman–Crippen MR) is 141 cm³/mol. The van der Waals surface area contributed by atoms with Crippen LogP contribution in [0.4, 0.5) is 0 Å². The van der Waals surface area contributed by atoms with Gasteiger partial charge in [0, 0.05) is 17.1 Å². The number of likely N-dealkylation sites (tertiary alicyclic amines) is 1. The Hall–Kier alpha value is -3.04. The lowest BCUT2D eigenvalue weighted by Gasteiger charge is -2.40. The van der Waals surface area contributed by atoms with Gasteiger partial charge in [-0.2, -0.15) is 0 Å². The van der Waals surface area contributed by atoms with Gasteiger partial charge >= 0.3 is 0 Å². The van der Waals surface area contributed by atoms with E-state index in [0.29, 0.717) is 53.5 Å². The number of rotatable bonds is 11. The molecule has 198 valence electrons. The maximum absolute atomic E-state index is 12.8. The van der Waals surface area contributed by atoms with E-state index in [4.69, 9.17) is 4.74 Å². The van der Waals surface area contributed by atoms with Gasteiger partial charge in [-0.1, -0.05) is 30.3 Å². The highest BCUT2D eigenvalue weighted by Crippen LogP contribution is 2.40. The number of aromatic nitrogens is 1. The van der Waals surface area contributed by atoms with Crippen molar-refractivity contribution in [3.63, 3.8) is 0 Å². The third kappa shape index (κ3) is 6.27. The number of nitrogens with one attached hydrogen (secondary N) is 1. The number of aliphatic hydroxyl groups is 2. The van der Waals surface area contributed by atoms with E-state index in [1.165, 1.54) is 5.56 Å². The number of nitrogens with zero attached hydrogens (tertiary/aromatic N) is 2. The van der Waals surface area contributed by atoms with Crippen LogP contribution in [0.25, 0.3) is 10.9 Å². The molecule has 1 saturated heterocycles. The number of amides is 1. The van der Waals surface area contributed by atoms with Gasteiger partial charge in [0.15, 0.2) is 0 Å². The molecular weight excluding hydrogens is 470 g/mol. The highest BCUT2D eigenvalue weighted by Gasteiger charge is 2.41. The van der Waals surface area contributed by atoms with E-state index in [0.717, 1.165) is 32.5 Å². The second kappa shape index (κ2) is 12.5. The molecule has 0 spiro atoms. The summed E-state index contributed by atoms with van der Waals surface area (Å²) in [5.41, 5.74) is 4.28. The Balaban J connectivity index is 1.43. The van der Waals surface area contributed by atoms with Gasteiger partial charge in [0.2, 0.25) is 5.91 Å². The second-order valence-corrected chi connectivity index (χ2v) is 9.94. The van der Waals surface area contributed by atoms with Gasteiger partial charge in [0.05, 0.1) is 30.8 Å². The smallest absolute Gasteiger partial charge is 0.249 e. The van der Waals surface area contributed by atoms with Crippen LogP contribution in [-0.4, -0.2) is 58.0 Å². The van der Waals surface area contributed by atoms with Gasteiger partial charge in [-0.3, -0.25) is 15.0 Å². The zero-order valence-corrected chi connectivity index (χ0v) is 21.4. The normalized spacial score (nSPS) is 16.4. The second-order valence-electron chi connectivity index (χ2n) is 9.94. The maximum atomic E-state index is 12.8. The van der Waals surface area contributed by atoms with Crippen molar-refractivity contribution in [3.8, 4) is 5.75 Å². The molecular formula is C29H37N3O5. The number of ether oxygens (including phenoxy) is 1. The summed E-state index contributed by atoms with van der Waals surface area (Å²) >= 11 is 0. The van der Waals surface area contributed by atoms with Crippen molar-refractivity contribution in [2.45, 2.75) is 51.2 Å². The molecule has 0 saturated carbocycles. The number of aliphatic hydroxyl groups excluding tert-OH is 2. The zero-order valence-electron chi connectivity index (χ0n) is 21.4. The molecule has 3 aromatic rings. The van der Waals surface area contributed by atoms with Crippen LogP contribution in [0.3, 0.4) is 0 Å². The fourth-order valence-electron chi connectivity index (χ4n) is 5.50. The highest BCUT2D eigenvalue weighted by molar-refractivity contribution is 5.85. The van der Waals surface area contributed by atoms with Crippen molar-refractivity contribution >= 4 is 16.8 Å². The Bertz CT molecular complexity index is 1170. The van der Waals surface area contributed by atoms with Gasteiger partial charge in [-0.05, 0) is 87.5 Å². The number of pyridine rings is 1.